The van der Waals surface area contributed by atoms with Crippen molar-refractivity contribution in [2.24, 2.45) is 0 Å². The number of aromatic carboxylic acids is 1. The number of hydrogen-bond acceptors (Lipinski definition) is 2. The second-order valence-corrected chi connectivity index (χ2v) is 1.52. The van der Waals surface area contributed by atoms with E-state index in [-0.39, 0.29) is 57.1 Å². The summed E-state index contributed by atoms with van der Waals surface area (Å²) in [4.78, 5) is 13.7. The first-order valence-electron chi connectivity index (χ1n) is 2.45. The van der Waals surface area contributed by atoms with Crippen LogP contribution < -0.4 is 0 Å². The molecule has 0 spiro atoms. The van der Waals surface area contributed by atoms with E-state index in [0.29, 0.717) is 0 Å². The maximum Gasteiger partial charge on any atom is 0.354 e. The van der Waals surface area contributed by atoms with Crippen LogP contribution in [0.2, 0.25) is 0 Å². The SMILES string of the molecule is O=C(O)c1ccccn1.[K]. The maximum atomic E-state index is 10.1. The number of carbonyl (C=O) groups is 1. The van der Waals surface area contributed by atoms with Crippen molar-refractivity contribution in [3.8, 4) is 0 Å². The quantitative estimate of drug-likeness (QED) is 0.608. The van der Waals surface area contributed by atoms with Crippen molar-refractivity contribution >= 4 is 57.4 Å². The molecule has 1 radical (unpaired) electrons. The molecule has 0 aliphatic rings. The fourth-order valence-electron chi connectivity index (χ4n) is 0.489. The minimum absolute atomic E-state index is 0. The molecule has 0 aliphatic carbocycles. The summed E-state index contributed by atoms with van der Waals surface area (Å²) >= 11 is 0. The fraction of sp³-hybridized carbons (Fsp3) is 0. The van der Waals surface area contributed by atoms with Gasteiger partial charge in [0.25, 0.3) is 0 Å². The van der Waals surface area contributed by atoms with E-state index in [4.69, 9.17) is 5.11 Å². The van der Waals surface area contributed by atoms with Crippen molar-refractivity contribution in [3.05, 3.63) is 30.1 Å². The van der Waals surface area contributed by atoms with Crippen molar-refractivity contribution in [3.63, 3.8) is 0 Å². The molecule has 0 unspecified atom stereocenters. The van der Waals surface area contributed by atoms with Gasteiger partial charge in [-0.2, -0.15) is 0 Å². The number of carboxylic acids is 1. The van der Waals surface area contributed by atoms with Crippen LogP contribution in [-0.4, -0.2) is 67.4 Å². The van der Waals surface area contributed by atoms with Gasteiger partial charge in [0, 0.05) is 57.6 Å². The molecule has 0 aromatic carbocycles. The minimum atomic E-state index is -0.990. The molecule has 0 amide bonds. The van der Waals surface area contributed by atoms with Gasteiger partial charge in [-0.25, -0.2) is 9.78 Å². The van der Waals surface area contributed by atoms with Gasteiger partial charge in [-0.3, -0.25) is 0 Å². The van der Waals surface area contributed by atoms with E-state index < -0.39 is 5.97 Å². The van der Waals surface area contributed by atoms with E-state index in [1.54, 1.807) is 12.1 Å². The molecule has 1 aromatic heterocycles. The molecule has 0 saturated carbocycles. The maximum absolute atomic E-state index is 10.1. The Labute approximate surface area is 101 Å². The summed E-state index contributed by atoms with van der Waals surface area (Å²) in [6.45, 7) is 0. The molecule has 10 heavy (non-hydrogen) atoms. The van der Waals surface area contributed by atoms with Crippen molar-refractivity contribution in [1.29, 1.82) is 0 Å². The van der Waals surface area contributed by atoms with Crippen LogP contribution in [0.15, 0.2) is 24.4 Å². The third kappa shape index (κ3) is 2.89. The molecule has 0 atom stereocenters. The first-order valence-corrected chi connectivity index (χ1v) is 2.45. The Balaban J connectivity index is 0.000000810. The van der Waals surface area contributed by atoms with Crippen LogP contribution in [0, 0.1) is 0 Å². The zero-order valence-corrected chi connectivity index (χ0v) is 8.74. The van der Waals surface area contributed by atoms with E-state index >= 15 is 0 Å². The van der Waals surface area contributed by atoms with Gasteiger partial charge in [-0.15, -0.1) is 0 Å². The van der Waals surface area contributed by atoms with Crippen molar-refractivity contribution < 1.29 is 9.90 Å². The third-order valence-electron chi connectivity index (χ3n) is 0.884. The topological polar surface area (TPSA) is 50.2 Å². The first kappa shape index (κ1) is 10.3. The molecule has 0 bridgehead atoms. The number of pyridine rings is 1. The molecule has 4 heteroatoms. The van der Waals surface area contributed by atoms with E-state index in [1.807, 2.05) is 0 Å². The van der Waals surface area contributed by atoms with Crippen LogP contribution >= 0.6 is 0 Å². The molecule has 1 heterocycles. The van der Waals surface area contributed by atoms with Gasteiger partial charge in [0.05, 0.1) is 0 Å². The Morgan fingerprint density at radius 1 is 1.50 bits per heavy atom. The van der Waals surface area contributed by atoms with Crippen LogP contribution in [0.4, 0.5) is 0 Å². The predicted molar refractivity (Wildman–Crippen MR) is 37.0 cm³/mol. The molecule has 47 valence electrons. The Hall–Kier alpha value is 0.256. The Morgan fingerprint density at radius 2 is 2.20 bits per heavy atom. The van der Waals surface area contributed by atoms with Crippen molar-refractivity contribution in [2.45, 2.75) is 0 Å². The average Bonchev–Trinajstić information content (AvgIpc) is 1.90. The number of aromatic nitrogens is 1. The normalized spacial score (nSPS) is 8.00. The fourth-order valence-corrected chi connectivity index (χ4v) is 0.489. The minimum Gasteiger partial charge on any atom is -0.477 e. The molecule has 3 nitrogen and oxygen atoms in total. The summed E-state index contributed by atoms with van der Waals surface area (Å²) in [5.74, 6) is -0.990. The van der Waals surface area contributed by atoms with Crippen LogP contribution in [0.3, 0.4) is 0 Å². The molecule has 0 saturated heterocycles. The second kappa shape index (κ2) is 4.98. The number of hydrogen-bond donors (Lipinski definition) is 1. The molecule has 1 aromatic rings. The zero-order valence-electron chi connectivity index (χ0n) is 5.61. The standard InChI is InChI=1S/C6H5NO2.K/c8-6(9)5-3-1-2-4-7-5;/h1-4H,(H,8,9);. The monoisotopic (exact) mass is 162 g/mol. The van der Waals surface area contributed by atoms with Gasteiger partial charge >= 0.3 is 5.97 Å². The van der Waals surface area contributed by atoms with Crippen LogP contribution in [0.5, 0.6) is 0 Å². The average molecular weight is 162 g/mol. The Kier molecular flexibility index (Phi) is 5.11. The second-order valence-electron chi connectivity index (χ2n) is 1.52. The van der Waals surface area contributed by atoms with Crippen LogP contribution in [-0.2, 0) is 0 Å². The van der Waals surface area contributed by atoms with Crippen molar-refractivity contribution in [2.75, 3.05) is 0 Å². The van der Waals surface area contributed by atoms with Crippen LogP contribution in [0.25, 0.3) is 0 Å². The summed E-state index contributed by atoms with van der Waals surface area (Å²) in [6, 6.07) is 4.76. The van der Waals surface area contributed by atoms with Gasteiger partial charge in [-0.1, -0.05) is 6.07 Å². The Morgan fingerprint density at radius 3 is 2.50 bits per heavy atom. The largest absolute Gasteiger partial charge is 0.477 e. The number of carboxylic acid groups (broad SMARTS) is 1. The summed E-state index contributed by atoms with van der Waals surface area (Å²) in [5.41, 5.74) is 0.0810. The number of rotatable bonds is 1. The summed E-state index contributed by atoms with van der Waals surface area (Å²) in [5, 5.41) is 8.32. The van der Waals surface area contributed by atoms with Gasteiger partial charge in [0.15, 0.2) is 0 Å². The predicted octanol–water partition coefficient (Wildman–Crippen LogP) is 0.399. The first-order chi connectivity index (χ1) is 4.30. The van der Waals surface area contributed by atoms with Crippen LogP contribution in [0.1, 0.15) is 10.5 Å². The molecule has 1 N–H and O–H groups in total. The number of nitrogens with zero attached hydrogens (tertiary/aromatic N) is 1. The molecular weight excluding hydrogens is 157 g/mol. The third-order valence-corrected chi connectivity index (χ3v) is 0.884. The molecular formula is C6H5KNO2. The van der Waals surface area contributed by atoms with E-state index in [9.17, 15) is 4.79 Å². The van der Waals surface area contributed by atoms with E-state index in [0.717, 1.165) is 0 Å². The van der Waals surface area contributed by atoms with Gasteiger partial charge < -0.3 is 5.11 Å². The Bertz CT molecular complexity index is 212. The molecule has 0 fully saturated rings. The summed E-state index contributed by atoms with van der Waals surface area (Å²) in [7, 11) is 0. The smallest absolute Gasteiger partial charge is 0.354 e. The summed E-state index contributed by atoms with van der Waals surface area (Å²) < 4.78 is 0. The zero-order chi connectivity index (χ0) is 6.69. The summed E-state index contributed by atoms with van der Waals surface area (Å²) in [6.07, 6.45) is 1.45. The van der Waals surface area contributed by atoms with Gasteiger partial charge in [0.1, 0.15) is 5.69 Å². The van der Waals surface area contributed by atoms with Crippen molar-refractivity contribution in [1.82, 2.24) is 4.98 Å². The molecule has 0 aliphatic heterocycles. The molecule has 1 rings (SSSR count). The van der Waals surface area contributed by atoms with E-state index in [2.05, 4.69) is 4.98 Å². The van der Waals surface area contributed by atoms with E-state index in [1.165, 1.54) is 12.3 Å². The van der Waals surface area contributed by atoms with Gasteiger partial charge in [0.2, 0.25) is 0 Å². The van der Waals surface area contributed by atoms with Gasteiger partial charge in [-0.05, 0) is 12.1 Å².